The van der Waals surface area contributed by atoms with E-state index >= 15 is 0 Å². The van der Waals surface area contributed by atoms with Gasteiger partial charge in [-0.15, -0.1) is 0 Å². The number of ether oxygens (including phenoxy) is 2. The van der Waals surface area contributed by atoms with Gasteiger partial charge in [0.1, 0.15) is 5.82 Å². The Morgan fingerprint density at radius 3 is 2.07 bits per heavy atom. The molecule has 5 N–H and O–H groups in total. The zero-order valence-electron chi connectivity index (χ0n) is 17.5. The Morgan fingerprint density at radius 1 is 0.833 bits per heavy atom. The van der Waals surface area contributed by atoms with Gasteiger partial charge in [0.15, 0.2) is 0 Å². The third-order valence-corrected chi connectivity index (χ3v) is 3.98. The number of benzene rings is 1. The van der Waals surface area contributed by atoms with Crippen LogP contribution in [0.15, 0.2) is 24.3 Å². The van der Waals surface area contributed by atoms with Crippen LogP contribution in [0, 0.1) is 5.82 Å². The van der Waals surface area contributed by atoms with Crippen LogP contribution in [0.2, 0.25) is 0 Å². The van der Waals surface area contributed by atoms with Crippen molar-refractivity contribution in [1.29, 1.82) is 0 Å². The number of hydrogen-bond donors (Lipinski definition) is 4. The van der Waals surface area contributed by atoms with Crippen molar-refractivity contribution < 1.29 is 13.9 Å². The largest absolute Gasteiger partial charge is 0.378 e. The highest BCUT2D eigenvalue weighted by atomic mass is 19.1. The second kappa shape index (κ2) is 14.4. The summed E-state index contributed by atoms with van der Waals surface area (Å²) in [5.74, 6) is 1.13. The standard InChI is InChI=1S/C20H32FN7O2/c1-2-3-9-23-18-26-19(24-10-12-30-14-13-29-11-8-22)28-20(27-18)25-15-16-4-6-17(21)7-5-16/h4-7H,2-3,8-15,22H2,1H3,(H3,23,24,25,26,27,28). The number of nitrogens with one attached hydrogen (secondary N) is 3. The molecule has 0 aliphatic heterocycles. The summed E-state index contributed by atoms with van der Waals surface area (Å²) in [7, 11) is 0. The van der Waals surface area contributed by atoms with E-state index in [0.717, 1.165) is 24.9 Å². The molecular weight excluding hydrogens is 389 g/mol. The number of hydrogen-bond acceptors (Lipinski definition) is 9. The highest BCUT2D eigenvalue weighted by Crippen LogP contribution is 2.11. The average molecular weight is 422 g/mol. The topological polar surface area (TPSA) is 119 Å². The molecule has 0 radical (unpaired) electrons. The maximum absolute atomic E-state index is 13.1. The molecule has 1 aromatic carbocycles. The van der Waals surface area contributed by atoms with Gasteiger partial charge in [-0.1, -0.05) is 25.5 Å². The number of rotatable bonds is 16. The lowest BCUT2D eigenvalue weighted by molar-refractivity contribution is 0.0547. The van der Waals surface area contributed by atoms with E-state index in [4.69, 9.17) is 15.2 Å². The van der Waals surface area contributed by atoms with Crippen LogP contribution < -0.4 is 21.7 Å². The molecule has 0 saturated carbocycles. The average Bonchev–Trinajstić information content (AvgIpc) is 2.75. The Morgan fingerprint density at radius 2 is 1.43 bits per heavy atom. The fourth-order valence-corrected chi connectivity index (χ4v) is 2.41. The van der Waals surface area contributed by atoms with Crippen LogP contribution in [0.1, 0.15) is 25.3 Å². The van der Waals surface area contributed by atoms with Gasteiger partial charge >= 0.3 is 0 Å². The van der Waals surface area contributed by atoms with E-state index in [-0.39, 0.29) is 5.82 Å². The quantitative estimate of drug-likeness (QED) is 0.303. The number of unbranched alkanes of at least 4 members (excludes halogenated alkanes) is 1. The normalized spacial score (nSPS) is 10.8. The van der Waals surface area contributed by atoms with E-state index in [1.54, 1.807) is 12.1 Å². The van der Waals surface area contributed by atoms with Gasteiger partial charge in [-0.2, -0.15) is 15.0 Å². The van der Waals surface area contributed by atoms with Crippen LogP contribution in [0.4, 0.5) is 22.2 Å². The van der Waals surface area contributed by atoms with Gasteiger partial charge in [-0.25, -0.2) is 4.39 Å². The number of anilines is 3. The van der Waals surface area contributed by atoms with E-state index in [1.165, 1.54) is 12.1 Å². The molecule has 1 aromatic heterocycles. The first-order valence-electron chi connectivity index (χ1n) is 10.3. The van der Waals surface area contributed by atoms with Crippen molar-refractivity contribution in [1.82, 2.24) is 15.0 Å². The van der Waals surface area contributed by atoms with Crippen molar-refractivity contribution in [2.75, 3.05) is 62.0 Å². The third kappa shape index (κ3) is 9.77. The molecule has 2 aromatic rings. The molecule has 9 nitrogen and oxygen atoms in total. The summed E-state index contributed by atoms with van der Waals surface area (Å²) in [6, 6.07) is 6.29. The van der Waals surface area contributed by atoms with Crippen LogP contribution >= 0.6 is 0 Å². The Kier molecular flexibility index (Phi) is 11.4. The van der Waals surface area contributed by atoms with Crippen molar-refractivity contribution in [3.63, 3.8) is 0 Å². The SMILES string of the molecule is CCCCNc1nc(NCCOCCOCCN)nc(NCc2ccc(F)cc2)n1. The van der Waals surface area contributed by atoms with Crippen molar-refractivity contribution >= 4 is 17.8 Å². The van der Waals surface area contributed by atoms with E-state index < -0.39 is 0 Å². The highest BCUT2D eigenvalue weighted by molar-refractivity contribution is 5.42. The number of nitrogens with two attached hydrogens (primary N) is 1. The zero-order valence-corrected chi connectivity index (χ0v) is 17.5. The summed E-state index contributed by atoms with van der Waals surface area (Å²) in [5.41, 5.74) is 6.29. The first-order valence-corrected chi connectivity index (χ1v) is 10.3. The van der Waals surface area contributed by atoms with Gasteiger partial charge in [0.2, 0.25) is 17.8 Å². The van der Waals surface area contributed by atoms with Gasteiger partial charge < -0.3 is 31.2 Å². The van der Waals surface area contributed by atoms with E-state index in [0.29, 0.717) is 63.9 Å². The number of aromatic nitrogens is 3. The van der Waals surface area contributed by atoms with Gasteiger partial charge in [0.05, 0.1) is 26.4 Å². The lowest BCUT2D eigenvalue weighted by Crippen LogP contribution is -2.17. The molecule has 0 fully saturated rings. The zero-order chi connectivity index (χ0) is 21.4. The minimum absolute atomic E-state index is 0.263. The monoisotopic (exact) mass is 421 g/mol. The predicted molar refractivity (Wildman–Crippen MR) is 116 cm³/mol. The molecule has 0 atom stereocenters. The van der Waals surface area contributed by atoms with E-state index in [2.05, 4.69) is 37.8 Å². The molecule has 0 amide bonds. The van der Waals surface area contributed by atoms with Gasteiger partial charge in [0, 0.05) is 26.2 Å². The molecule has 10 heteroatoms. The molecule has 30 heavy (non-hydrogen) atoms. The fraction of sp³-hybridized carbons (Fsp3) is 0.550. The molecule has 0 aliphatic rings. The second-order valence-electron chi connectivity index (χ2n) is 6.51. The van der Waals surface area contributed by atoms with Gasteiger partial charge in [-0.3, -0.25) is 0 Å². The Balaban J connectivity index is 1.86. The lowest BCUT2D eigenvalue weighted by atomic mass is 10.2. The minimum atomic E-state index is -0.263. The third-order valence-electron chi connectivity index (χ3n) is 3.98. The maximum atomic E-state index is 13.1. The molecule has 0 saturated heterocycles. The van der Waals surface area contributed by atoms with Crippen LogP contribution in [-0.4, -0.2) is 61.0 Å². The summed E-state index contributed by atoms with van der Waals surface area (Å²) in [4.78, 5) is 13.2. The van der Waals surface area contributed by atoms with Gasteiger partial charge in [0.25, 0.3) is 0 Å². The van der Waals surface area contributed by atoms with E-state index in [1.807, 2.05) is 0 Å². The van der Waals surface area contributed by atoms with Crippen LogP contribution in [-0.2, 0) is 16.0 Å². The lowest BCUT2D eigenvalue weighted by Gasteiger charge is -2.11. The Labute approximate surface area is 177 Å². The summed E-state index contributed by atoms with van der Waals surface area (Å²) < 4.78 is 23.8. The summed E-state index contributed by atoms with van der Waals surface area (Å²) in [5, 5.41) is 9.52. The summed E-state index contributed by atoms with van der Waals surface area (Å²) in [6.07, 6.45) is 2.10. The van der Waals surface area contributed by atoms with Crippen molar-refractivity contribution in [3.05, 3.63) is 35.6 Å². The van der Waals surface area contributed by atoms with Crippen LogP contribution in [0.3, 0.4) is 0 Å². The minimum Gasteiger partial charge on any atom is -0.378 e. The number of nitrogens with zero attached hydrogens (tertiary/aromatic N) is 3. The molecule has 0 bridgehead atoms. The Hall–Kier alpha value is -2.56. The summed E-state index contributed by atoms with van der Waals surface area (Å²) in [6.45, 7) is 6.49. The van der Waals surface area contributed by atoms with Crippen molar-refractivity contribution in [2.24, 2.45) is 5.73 Å². The molecule has 1 heterocycles. The molecular formula is C20H32FN7O2. The predicted octanol–water partition coefficient (Wildman–Crippen LogP) is 2.24. The molecule has 2 rings (SSSR count). The first kappa shape index (κ1) is 23.7. The molecule has 0 aliphatic carbocycles. The fourth-order valence-electron chi connectivity index (χ4n) is 2.41. The van der Waals surface area contributed by atoms with Crippen LogP contribution in [0.25, 0.3) is 0 Å². The molecule has 166 valence electrons. The number of halogens is 1. The van der Waals surface area contributed by atoms with Crippen LogP contribution in [0.5, 0.6) is 0 Å². The first-order chi connectivity index (χ1) is 14.7. The smallest absolute Gasteiger partial charge is 0.229 e. The molecule has 0 unspecified atom stereocenters. The Bertz CT molecular complexity index is 719. The highest BCUT2D eigenvalue weighted by Gasteiger charge is 2.07. The molecule has 0 spiro atoms. The summed E-state index contributed by atoms with van der Waals surface area (Å²) >= 11 is 0. The maximum Gasteiger partial charge on any atom is 0.229 e. The van der Waals surface area contributed by atoms with Gasteiger partial charge in [-0.05, 0) is 24.1 Å². The van der Waals surface area contributed by atoms with E-state index in [9.17, 15) is 4.39 Å². The second-order valence-corrected chi connectivity index (χ2v) is 6.51. The van der Waals surface area contributed by atoms with Crippen molar-refractivity contribution in [3.8, 4) is 0 Å². The van der Waals surface area contributed by atoms with Crippen molar-refractivity contribution in [2.45, 2.75) is 26.3 Å².